The SMILES string of the molecule is CN[OH+]Cc1ccc(-c2[nH]c3cc(F)cc4c3c2CCNC4=O)cc1. The van der Waals surface area contributed by atoms with Gasteiger partial charge in [0.25, 0.3) is 5.91 Å². The Morgan fingerprint density at radius 2 is 2.04 bits per heavy atom. The number of amides is 1. The smallest absolute Gasteiger partial charge is 0.252 e. The van der Waals surface area contributed by atoms with Crippen LogP contribution in [0.15, 0.2) is 36.4 Å². The summed E-state index contributed by atoms with van der Waals surface area (Å²) < 4.78 is 13.9. The van der Waals surface area contributed by atoms with Crippen molar-refractivity contribution in [1.82, 2.24) is 15.8 Å². The van der Waals surface area contributed by atoms with Crippen LogP contribution in [0.5, 0.6) is 0 Å². The number of carbonyl (C=O) groups is 1. The van der Waals surface area contributed by atoms with Crippen LogP contribution in [0.2, 0.25) is 0 Å². The lowest BCUT2D eigenvalue weighted by Crippen LogP contribution is -2.23. The van der Waals surface area contributed by atoms with Gasteiger partial charge in [-0.1, -0.05) is 29.7 Å². The summed E-state index contributed by atoms with van der Waals surface area (Å²) in [7, 11) is 1.78. The monoisotopic (exact) mass is 340 g/mol. The molecule has 3 aromatic rings. The van der Waals surface area contributed by atoms with Crippen LogP contribution >= 0.6 is 0 Å². The van der Waals surface area contributed by atoms with E-state index >= 15 is 0 Å². The molecule has 128 valence electrons. The molecular formula is C19H19FN3O2+. The van der Waals surface area contributed by atoms with Gasteiger partial charge in [0.05, 0.1) is 12.6 Å². The van der Waals surface area contributed by atoms with E-state index in [2.05, 4.69) is 20.6 Å². The third-order valence-electron chi connectivity index (χ3n) is 4.53. The van der Waals surface area contributed by atoms with Gasteiger partial charge in [0.15, 0.2) is 6.61 Å². The molecular weight excluding hydrogens is 321 g/mol. The summed E-state index contributed by atoms with van der Waals surface area (Å²) in [5.74, 6) is -0.638. The Morgan fingerprint density at radius 1 is 1.24 bits per heavy atom. The summed E-state index contributed by atoms with van der Waals surface area (Å²) in [5, 5.41) is 3.66. The molecule has 1 aromatic heterocycles. The third kappa shape index (κ3) is 2.79. The normalized spacial score (nSPS) is 13.8. The van der Waals surface area contributed by atoms with Crippen LogP contribution in [0, 0.1) is 5.82 Å². The molecule has 1 amide bonds. The number of rotatable bonds is 4. The first-order valence-corrected chi connectivity index (χ1v) is 8.22. The summed E-state index contributed by atoms with van der Waals surface area (Å²) in [5.41, 5.74) is 7.94. The zero-order valence-electron chi connectivity index (χ0n) is 13.8. The summed E-state index contributed by atoms with van der Waals surface area (Å²) in [6, 6.07) is 10.9. The van der Waals surface area contributed by atoms with Crippen LogP contribution in [-0.4, -0.2) is 29.3 Å². The molecule has 1 aliphatic heterocycles. The zero-order chi connectivity index (χ0) is 17.4. The molecule has 0 radical (unpaired) electrons. The number of carbonyl (C=O) groups excluding carboxylic acids is 1. The van der Waals surface area contributed by atoms with E-state index in [0.29, 0.717) is 30.7 Å². The van der Waals surface area contributed by atoms with Gasteiger partial charge >= 0.3 is 0 Å². The van der Waals surface area contributed by atoms with Gasteiger partial charge in [-0.3, -0.25) is 4.79 Å². The summed E-state index contributed by atoms with van der Waals surface area (Å²) >= 11 is 0. The fourth-order valence-electron chi connectivity index (χ4n) is 3.38. The van der Waals surface area contributed by atoms with Crippen molar-refractivity contribution in [2.45, 2.75) is 13.0 Å². The van der Waals surface area contributed by atoms with Crippen LogP contribution in [0.3, 0.4) is 0 Å². The maximum Gasteiger partial charge on any atom is 0.252 e. The number of halogens is 1. The highest BCUT2D eigenvalue weighted by atomic mass is 19.1. The number of hydrogen-bond donors (Lipinski definition) is 3. The van der Waals surface area contributed by atoms with Gasteiger partial charge in [0.2, 0.25) is 0 Å². The van der Waals surface area contributed by atoms with E-state index in [9.17, 15) is 9.18 Å². The second kappa shape index (κ2) is 6.31. The molecule has 1 aliphatic rings. The van der Waals surface area contributed by atoms with Crippen molar-refractivity contribution in [3.05, 3.63) is 58.9 Å². The van der Waals surface area contributed by atoms with E-state index in [0.717, 1.165) is 27.8 Å². The molecule has 2 aromatic carbocycles. The molecule has 0 unspecified atom stereocenters. The van der Waals surface area contributed by atoms with Gasteiger partial charge in [0.1, 0.15) is 5.82 Å². The van der Waals surface area contributed by atoms with E-state index in [1.807, 2.05) is 24.3 Å². The highest BCUT2D eigenvalue weighted by Crippen LogP contribution is 2.34. The number of aromatic amines is 1. The molecule has 0 saturated heterocycles. The summed E-state index contributed by atoms with van der Waals surface area (Å²) in [6.07, 6.45) is 0.705. The second-order valence-corrected chi connectivity index (χ2v) is 6.10. The first kappa shape index (κ1) is 15.8. The molecule has 0 aliphatic carbocycles. The number of nitrogens with one attached hydrogen (secondary N) is 3. The van der Waals surface area contributed by atoms with Gasteiger partial charge in [0, 0.05) is 28.7 Å². The van der Waals surface area contributed by atoms with Crippen LogP contribution < -0.4 is 10.8 Å². The number of aromatic nitrogens is 1. The molecule has 0 bridgehead atoms. The summed E-state index contributed by atoms with van der Waals surface area (Å²) in [6.45, 7) is 1.14. The van der Waals surface area contributed by atoms with Crippen molar-refractivity contribution in [2.24, 2.45) is 0 Å². The maximum absolute atomic E-state index is 13.9. The molecule has 4 N–H and O–H groups in total. The average Bonchev–Trinajstić information content (AvgIpc) is 2.89. The van der Waals surface area contributed by atoms with Crippen LogP contribution in [0.4, 0.5) is 4.39 Å². The fraction of sp³-hybridized carbons (Fsp3) is 0.211. The minimum absolute atomic E-state index is 0.224. The molecule has 4 rings (SSSR count). The molecule has 25 heavy (non-hydrogen) atoms. The Labute approximate surface area is 144 Å². The van der Waals surface area contributed by atoms with Gasteiger partial charge in [-0.05, 0) is 29.7 Å². The molecule has 6 heteroatoms. The molecule has 0 spiro atoms. The summed E-state index contributed by atoms with van der Waals surface area (Å²) in [4.78, 5) is 19.7. The van der Waals surface area contributed by atoms with E-state index in [1.54, 1.807) is 7.05 Å². The lowest BCUT2D eigenvalue weighted by molar-refractivity contribution is -0.123. The minimum Gasteiger partial charge on any atom is -0.354 e. The van der Waals surface area contributed by atoms with Crippen molar-refractivity contribution < 1.29 is 14.0 Å². The number of benzene rings is 2. The van der Waals surface area contributed by atoms with Crippen LogP contribution in [-0.2, 0) is 13.0 Å². The number of hydroxylamine groups is 1. The second-order valence-electron chi connectivity index (χ2n) is 6.10. The van der Waals surface area contributed by atoms with Crippen molar-refractivity contribution in [1.29, 1.82) is 0 Å². The van der Waals surface area contributed by atoms with Crippen molar-refractivity contribution in [3.8, 4) is 11.3 Å². The Balaban J connectivity index is 1.84. The number of hydrogen-bond acceptors (Lipinski definition) is 2. The van der Waals surface area contributed by atoms with Gasteiger partial charge in [-0.15, -0.1) is 0 Å². The molecule has 0 atom stereocenters. The number of H-pyrrole nitrogens is 1. The Kier molecular flexibility index (Phi) is 3.99. The maximum atomic E-state index is 13.9. The van der Waals surface area contributed by atoms with Gasteiger partial charge in [-0.2, -0.15) is 0 Å². The van der Waals surface area contributed by atoms with Crippen molar-refractivity contribution >= 4 is 16.8 Å². The lowest BCUT2D eigenvalue weighted by Gasteiger charge is -2.05. The van der Waals surface area contributed by atoms with Crippen LogP contribution in [0.25, 0.3) is 22.2 Å². The first-order valence-electron chi connectivity index (χ1n) is 8.22. The fourth-order valence-corrected chi connectivity index (χ4v) is 3.38. The molecule has 2 heterocycles. The van der Waals surface area contributed by atoms with Crippen LogP contribution in [0.1, 0.15) is 21.5 Å². The van der Waals surface area contributed by atoms with E-state index in [1.165, 1.54) is 12.1 Å². The zero-order valence-corrected chi connectivity index (χ0v) is 13.8. The predicted molar refractivity (Wildman–Crippen MR) is 94.7 cm³/mol. The third-order valence-corrected chi connectivity index (χ3v) is 4.53. The topological polar surface area (TPSA) is 69.7 Å². The Bertz CT molecular complexity index is 947. The predicted octanol–water partition coefficient (Wildman–Crippen LogP) is 2.42. The Hall–Kier alpha value is -2.70. The van der Waals surface area contributed by atoms with Crippen molar-refractivity contribution in [2.75, 3.05) is 13.6 Å². The standard InChI is InChI=1S/C19H18FN3O2/c1-21-25-10-11-2-4-12(5-3-11)18-14-6-7-22-19(24)15-8-13(20)9-16(23-18)17(14)15/h2-5,8-9,21,23H,6-7,10H2,1H3,(H,22,24)/p+1. The lowest BCUT2D eigenvalue weighted by atomic mass is 10.00. The minimum atomic E-state index is -0.414. The Morgan fingerprint density at radius 3 is 2.80 bits per heavy atom. The first-order chi connectivity index (χ1) is 12.2. The van der Waals surface area contributed by atoms with E-state index in [-0.39, 0.29) is 5.91 Å². The molecule has 0 fully saturated rings. The average molecular weight is 340 g/mol. The molecule has 5 nitrogen and oxygen atoms in total. The quantitative estimate of drug-likeness (QED) is 0.504. The van der Waals surface area contributed by atoms with Crippen molar-refractivity contribution in [3.63, 3.8) is 0 Å². The van der Waals surface area contributed by atoms with Gasteiger partial charge in [-0.25, -0.2) is 4.39 Å². The van der Waals surface area contributed by atoms with E-state index in [4.69, 9.17) is 0 Å². The highest BCUT2D eigenvalue weighted by molar-refractivity contribution is 6.10. The number of aliphatic hydroxyl groups is 1. The highest BCUT2D eigenvalue weighted by Gasteiger charge is 2.23. The van der Waals surface area contributed by atoms with E-state index < -0.39 is 5.82 Å². The largest absolute Gasteiger partial charge is 0.354 e. The van der Waals surface area contributed by atoms with Gasteiger partial charge < -0.3 is 15.1 Å². The molecule has 0 saturated carbocycles.